The number of nitrogens with one attached hydrogen (secondary N) is 1. The lowest BCUT2D eigenvalue weighted by atomic mass is 9.79. The van der Waals surface area contributed by atoms with Crippen molar-refractivity contribution in [1.82, 2.24) is 5.32 Å². The maximum Gasteiger partial charge on any atom is 0.188 e. The summed E-state index contributed by atoms with van der Waals surface area (Å²) in [6.45, 7) is 6.42. The topological polar surface area (TPSA) is 30.5 Å². The number of fused-ring (bicyclic) bond motifs is 1. The zero-order valence-corrected chi connectivity index (χ0v) is 7.59. The zero-order chi connectivity index (χ0) is 8.60. The van der Waals surface area contributed by atoms with Crippen molar-refractivity contribution in [3.05, 3.63) is 11.8 Å². The van der Waals surface area contributed by atoms with E-state index in [1.165, 1.54) is 0 Å². The zero-order valence-electron chi connectivity index (χ0n) is 7.59. The fourth-order valence-electron chi connectivity index (χ4n) is 1.78. The lowest BCUT2D eigenvalue weighted by Gasteiger charge is -2.43. The summed E-state index contributed by atoms with van der Waals surface area (Å²) in [7, 11) is 0. The monoisotopic (exact) mass is 169 g/mol. The summed E-state index contributed by atoms with van der Waals surface area (Å²) in [5.74, 6) is 1.10. The molecule has 68 valence electrons. The van der Waals surface area contributed by atoms with Crippen molar-refractivity contribution < 1.29 is 9.47 Å². The third kappa shape index (κ3) is 1.04. The highest BCUT2D eigenvalue weighted by atomic mass is 16.7. The molecule has 3 heteroatoms. The van der Waals surface area contributed by atoms with Crippen LogP contribution in [0.1, 0.15) is 13.8 Å². The normalized spacial score (nSPS) is 41.2. The summed E-state index contributed by atoms with van der Waals surface area (Å²) in [6, 6.07) is 0.429. The Bertz CT molecular complexity index is 215. The lowest BCUT2D eigenvalue weighted by molar-refractivity contribution is -0.127. The molecule has 0 aromatic rings. The molecule has 1 fully saturated rings. The largest absolute Gasteiger partial charge is 0.471 e. The predicted octanol–water partition coefficient (Wildman–Crippen LogP) is 0.873. The molecule has 1 saturated heterocycles. The van der Waals surface area contributed by atoms with Crippen molar-refractivity contribution in [3.8, 4) is 0 Å². The predicted molar refractivity (Wildman–Crippen MR) is 45.6 cm³/mol. The second-order valence-corrected chi connectivity index (χ2v) is 3.73. The lowest BCUT2D eigenvalue weighted by Crippen LogP contribution is -2.51. The fraction of sp³-hybridized carbons (Fsp3) is 0.778. The molecular formula is C9H15NO2. The van der Waals surface area contributed by atoms with E-state index in [4.69, 9.17) is 9.47 Å². The first-order chi connectivity index (χ1) is 5.73. The molecule has 2 aliphatic rings. The van der Waals surface area contributed by atoms with Gasteiger partial charge in [0.2, 0.25) is 0 Å². The molecule has 0 amide bonds. The van der Waals surface area contributed by atoms with Gasteiger partial charge in [0, 0.05) is 12.6 Å². The Kier molecular flexibility index (Phi) is 1.85. The first-order valence-electron chi connectivity index (χ1n) is 4.38. The van der Waals surface area contributed by atoms with E-state index in [1.807, 2.05) is 0 Å². The van der Waals surface area contributed by atoms with Crippen LogP contribution in [-0.4, -0.2) is 26.0 Å². The van der Waals surface area contributed by atoms with Crippen molar-refractivity contribution in [3.63, 3.8) is 0 Å². The van der Waals surface area contributed by atoms with Crippen LogP contribution in [0.2, 0.25) is 0 Å². The summed E-state index contributed by atoms with van der Waals surface area (Å²) in [4.78, 5) is 0. The minimum Gasteiger partial charge on any atom is -0.471 e. The van der Waals surface area contributed by atoms with Gasteiger partial charge in [-0.1, -0.05) is 0 Å². The smallest absolute Gasteiger partial charge is 0.188 e. The van der Waals surface area contributed by atoms with E-state index in [0.717, 1.165) is 18.9 Å². The molecule has 0 saturated carbocycles. The van der Waals surface area contributed by atoms with Gasteiger partial charge in [0.05, 0.1) is 12.0 Å². The molecule has 1 N–H and O–H groups in total. The average Bonchev–Trinajstić information content (AvgIpc) is 2.07. The van der Waals surface area contributed by atoms with Gasteiger partial charge in [0.15, 0.2) is 6.79 Å². The van der Waals surface area contributed by atoms with E-state index in [0.29, 0.717) is 12.8 Å². The van der Waals surface area contributed by atoms with Crippen molar-refractivity contribution in [2.45, 2.75) is 19.9 Å². The van der Waals surface area contributed by atoms with Gasteiger partial charge in [-0.2, -0.15) is 0 Å². The van der Waals surface area contributed by atoms with Crippen LogP contribution in [0, 0.1) is 5.41 Å². The number of hydrogen-bond acceptors (Lipinski definition) is 3. The van der Waals surface area contributed by atoms with Crippen LogP contribution in [0.4, 0.5) is 0 Å². The molecule has 2 heterocycles. The van der Waals surface area contributed by atoms with Gasteiger partial charge in [-0.05, 0) is 19.9 Å². The summed E-state index contributed by atoms with van der Waals surface area (Å²) in [5, 5.41) is 3.39. The molecule has 3 nitrogen and oxygen atoms in total. The van der Waals surface area contributed by atoms with Crippen molar-refractivity contribution in [1.29, 1.82) is 0 Å². The fourth-order valence-corrected chi connectivity index (χ4v) is 1.78. The van der Waals surface area contributed by atoms with Crippen LogP contribution >= 0.6 is 0 Å². The number of hydrogen-bond donors (Lipinski definition) is 1. The Morgan fingerprint density at radius 3 is 3.25 bits per heavy atom. The highest BCUT2D eigenvalue weighted by Crippen LogP contribution is 2.36. The third-order valence-corrected chi connectivity index (χ3v) is 2.93. The molecule has 2 aliphatic heterocycles. The second-order valence-electron chi connectivity index (χ2n) is 3.73. The van der Waals surface area contributed by atoms with Gasteiger partial charge < -0.3 is 14.8 Å². The first kappa shape index (κ1) is 8.08. The second kappa shape index (κ2) is 2.75. The quantitative estimate of drug-likeness (QED) is 0.583. The van der Waals surface area contributed by atoms with Gasteiger partial charge >= 0.3 is 0 Å². The minimum absolute atomic E-state index is 0.0382. The molecule has 2 unspecified atom stereocenters. The molecule has 0 aromatic carbocycles. The molecule has 0 bridgehead atoms. The van der Waals surface area contributed by atoms with Crippen LogP contribution in [-0.2, 0) is 9.47 Å². The number of ether oxygens (including phenoxy) is 2. The molecule has 0 aromatic heterocycles. The van der Waals surface area contributed by atoms with Gasteiger partial charge in [-0.15, -0.1) is 0 Å². The SMILES string of the molecule is CC1NCC=C2OCOCC21C. The number of rotatable bonds is 0. The maximum atomic E-state index is 5.45. The summed E-state index contributed by atoms with van der Waals surface area (Å²) in [6.07, 6.45) is 2.11. The maximum absolute atomic E-state index is 5.45. The van der Waals surface area contributed by atoms with E-state index < -0.39 is 0 Å². The van der Waals surface area contributed by atoms with Gasteiger partial charge in [-0.25, -0.2) is 0 Å². The Morgan fingerprint density at radius 2 is 2.50 bits per heavy atom. The third-order valence-electron chi connectivity index (χ3n) is 2.93. The molecule has 0 aliphatic carbocycles. The van der Waals surface area contributed by atoms with Gasteiger partial charge in [0.25, 0.3) is 0 Å². The average molecular weight is 169 g/mol. The van der Waals surface area contributed by atoms with E-state index in [1.54, 1.807) is 0 Å². The molecule has 0 spiro atoms. The molecule has 2 rings (SSSR count). The Hall–Kier alpha value is -0.540. The van der Waals surface area contributed by atoms with Crippen LogP contribution in [0.3, 0.4) is 0 Å². The minimum atomic E-state index is 0.0382. The highest BCUT2D eigenvalue weighted by Gasteiger charge is 2.41. The van der Waals surface area contributed by atoms with Crippen LogP contribution in [0.5, 0.6) is 0 Å². The van der Waals surface area contributed by atoms with E-state index in [-0.39, 0.29) is 5.41 Å². The Balaban J connectivity index is 2.27. The van der Waals surface area contributed by atoms with Crippen LogP contribution in [0.25, 0.3) is 0 Å². The molecule has 12 heavy (non-hydrogen) atoms. The molecule has 0 radical (unpaired) electrons. The van der Waals surface area contributed by atoms with E-state index in [9.17, 15) is 0 Å². The van der Waals surface area contributed by atoms with E-state index >= 15 is 0 Å². The summed E-state index contributed by atoms with van der Waals surface area (Å²) >= 11 is 0. The van der Waals surface area contributed by atoms with Gasteiger partial charge in [-0.3, -0.25) is 0 Å². The Morgan fingerprint density at radius 1 is 1.67 bits per heavy atom. The summed E-state index contributed by atoms with van der Waals surface area (Å²) < 4.78 is 10.8. The highest BCUT2D eigenvalue weighted by molar-refractivity contribution is 5.16. The first-order valence-corrected chi connectivity index (χ1v) is 4.38. The van der Waals surface area contributed by atoms with Crippen molar-refractivity contribution in [2.75, 3.05) is 19.9 Å². The Labute approximate surface area is 72.7 Å². The van der Waals surface area contributed by atoms with Crippen molar-refractivity contribution >= 4 is 0 Å². The molecular weight excluding hydrogens is 154 g/mol. The van der Waals surface area contributed by atoms with Gasteiger partial charge in [0.1, 0.15) is 5.76 Å². The molecule has 2 atom stereocenters. The standard InChI is InChI=1S/C9H15NO2/c1-7-9(2)5-11-6-12-8(9)3-4-10-7/h3,7,10H,4-6H2,1-2H3. The van der Waals surface area contributed by atoms with Crippen molar-refractivity contribution in [2.24, 2.45) is 5.41 Å². The van der Waals surface area contributed by atoms with Crippen LogP contribution < -0.4 is 5.32 Å². The van der Waals surface area contributed by atoms with Crippen LogP contribution in [0.15, 0.2) is 11.8 Å². The summed E-state index contributed by atoms with van der Waals surface area (Å²) in [5.41, 5.74) is 0.0382. The van der Waals surface area contributed by atoms with E-state index in [2.05, 4.69) is 25.2 Å².